The van der Waals surface area contributed by atoms with Gasteiger partial charge in [-0.2, -0.15) is 10.1 Å². The number of aromatic amines is 2. The molecule has 3 atom stereocenters. The van der Waals surface area contributed by atoms with Gasteiger partial charge in [0.15, 0.2) is 22.5 Å². The van der Waals surface area contributed by atoms with E-state index in [-0.39, 0.29) is 0 Å². The third kappa shape index (κ3) is 23.8. The normalized spacial score (nSPS) is 13.5. The Balaban J connectivity index is 0.000000118. The van der Waals surface area contributed by atoms with Gasteiger partial charge in [-0.25, -0.2) is 59.3 Å². The highest BCUT2D eigenvalue weighted by molar-refractivity contribution is 7.17. The maximum absolute atomic E-state index is 5.19. The van der Waals surface area contributed by atoms with Crippen molar-refractivity contribution in [3.63, 3.8) is 0 Å². The van der Waals surface area contributed by atoms with E-state index in [2.05, 4.69) is 206 Å². The number of imidazole rings is 1. The summed E-state index contributed by atoms with van der Waals surface area (Å²) < 4.78 is 13.3. The third-order valence-electron chi connectivity index (χ3n) is 21.1. The Kier molecular flexibility index (Phi) is 31.4. The number of para-hydroxylation sites is 2. The monoisotopic (exact) mass is 1690 g/mol. The minimum Gasteiger partial charge on any atom is -0.462 e. The number of hydrogen-bond acceptors (Lipinski definition) is 24. The van der Waals surface area contributed by atoms with Crippen LogP contribution in [0.2, 0.25) is 0 Å². The van der Waals surface area contributed by atoms with Crippen LogP contribution in [-0.2, 0) is 0 Å². The number of furan rings is 2. The van der Waals surface area contributed by atoms with E-state index in [0.717, 1.165) is 133 Å². The number of fused-ring (bicyclic) bond motifs is 12. The van der Waals surface area contributed by atoms with E-state index in [1.807, 2.05) is 181 Å². The molecule has 0 saturated heterocycles. The fourth-order valence-electron chi connectivity index (χ4n) is 13.9. The summed E-state index contributed by atoms with van der Waals surface area (Å²) >= 11 is 1.75. The summed E-state index contributed by atoms with van der Waals surface area (Å²) in [6.07, 6.45) is 38.5. The summed E-state index contributed by atoms with van der Waals surface area (Å²) in [5.74, 6) is 4.64. The fraction of sp³-hybridized carbons (Fsp3) is 0.212. The number of pyridine rings is 10. The first kappa shape index (κ1) is 88.7. The zero-order chi connectivity index (χ0) is 87.9. The van der Waals surface area contributed by atoms with Crippen LogP contribution in [0, 0.1) is 62.3 Å². The minimum atomic E-state index is 0.556. The molecule has 0 bridgehead atoms. The maximum Gasteiger partial charge on any atom is 0.252 e. The van der Waals surface area contributed by atoms with Crippen molar-refractivity contribution >= 4 is 122 Å². The van der Waals surface area contributed by atoms with Crippen LogP contribution in [0.25, 0.3) is 93.5 Å². The molecule has 3 unspecified atom stereocenters. The Morgan fingerprint density at radius 2 is 0.937 bits per heavy atom. The third-order valence-corrected chi connectivity index (χ3v) is 22.2. The van der Waals surface area contributed by atoms with Crippen molar-refractivity contribution in [2.75, 3.05) is 35.6 Å². The van der Waals surface area contributed by atoms with Crippen molar-refractivity contribution in [2.45, 2.75) is 120 Å². The van der Waals surface area contributed by atoms with Crippen LogP contribution >= 0.6 is 11.3 Å². The number of aryl methyl sites for hydroxylation is 9. The van der Waals surface area contributed by atoms with Crippen LogP contribution in [0.3, 0.4) is 0 Å². The molecular weight excluding hydrogens is 1590 g/mol. The van der Waals surface area contributed by atoms with Crippen LogP contribution < -0.4 is 16.0 Å². The lowest BCUT2D eigenvalue weighted by Gasteiger charge is -2.23. The van der Waals surface area contributed by atoms with Gasteiger partial charge >= 0.3 is 0 Å². The zero-order valence-corrected chi connectivity index (χ0v) is 73.6. The van der Waals surface area contributed by atoms with Gasteiger partial charge in [-0.15, -0.1) is 11.3 Å². The van der Waals surface area contributed by atoms with Crippen molar-refractivity contribution in [1.82, 2.24) is 104 Å². The predicted molar refractivity (Wildman–Crippen MR) is 507 cm³/mol. The molecule has 0 radical (unpaired) electrons. The highest BCUT2D eigenvalue weighted by atomic mass is 32.1. The highest BCUT2D eigenvalue weighted by Gasteiger charge is 2.19. The smallest absolute Gasteiger partial charge is 0.252 e. The summed E-state index contributed by atoms with van der Waals surface area (Å²) in [5, 5.41) is 20.6. The van der Waals surface area contributed by atoms with Crippen LogP contribution in [-0.4, -0.2) is 124 Å². The second-order valence-electron chi connectivity index (χ2n) is 30.1. The van der Waals surface area contributed by atoms with Crippen molar-refractivity contribution in [2.24, 2.45) is 0 Å². The number of nitrogens with one attached hydrogen (secondary N) is 5. The van der Waals surface area contributed by atoms with Crippen molar-refractivity contribution in [1.29, 1.82) is 0 Å². The second-order valence-corrected chi connectivity index (χ2v) is 31.0. The number of nitrogens with zero attached hydrogens (tertiary/aromatic N) is 19. The predicted octanol–water partition coefficient (Wildman–Crippen LogP) is 22.3. The van der Waals surface area contributed by atoms with E-state index in [9.17, 15) is 0 Å². The Hall–Kier alpha value is -15.1. The summed E-state index contributed by atoms with van der Waals surface area (Å²) in [6.45, 7) is 28.3. The number of aromatic nitrogens is 21. The van der Waals surface area contributed by atoms with E-state index in [4.69, 9.17) is 8.83 Å². The number of H-pyrrole nitrogens is 2. The zero-order valence-electron chi connectivity index (χ0n) is 72.8. The minimum absolute atomic E-state index is 0.556. The van der Waals surface area contributed by atoms with Crippen LogP contribution in [0.15, 0.2) is 290 Å². The molecule has 26 nitrogen and oxygen atoms in total. The molecule has 0 saturated carbocycles. The van der Waals surface area contributed by atoms with Crippen molar-refractivity contribution in [3.05, 3.63) is 348 Å². The Bertz CT molecular complexity index is 6110. The molecular formula is C99H102N24O2S. The number of benzene rings is 2. The molecule has 27 heteroatoms. The van der Waals surface area contributed by atoms with E-state index in [1.165, 1.54) is 84.8 Å². The van der Waals surface area contributed by atoms with Crippen LogP contribution in [0.4, 0.5) is 17.3 Å². The lowest BCUT2D eigenvalue weighted by molar-refractivity contribution is 0.603. The second kappa shape index (κ2) is 44.6. The number of hydrogen-bond donors (Lipinski definition) is 5. The summed E-state index contributed by atoms with van der Waals surface area (Å²) in [6, 6.07) is 50.5. The Morgan fingerprint density at radius 1 is 0.365 bits per heavy atom. The van der Waals surface area contributed by atoms with Gasteiger partial charge in [-0.3, -0.25) is 24.9 Å². The standard InChI is InChI=1S/C10H13N.C10H9N.C9H12N2.C9H8N2.C8H11N3.C8H7N3.C8H8N2.2C8H7NO.C8H7NS.C7H7N3.C6H6N4/c2*1-8-6-7-11-10-5-3-2-4-9(8)10;2*1-7-4-6-11-9-8(7)3-2-5-10-9;2*1-6-2-3-10-8-7(6)9-4-5-11-8;1-6-2-4-9-8-7(6)3-5-10-8;1-6-2-4-9-7-3-5-10-8(6)7;1-6-2-4-9-8-7(6)3-5-10-8;1-6-2-4-9-7-3-5-10-8(6)7;1-5-2-3-8-7-6(5)9-4-10-7;1-5-2-3-7-6-8-4-9-10(5)6/h2-5,8,11H,6-7H2,1H3;2-7H,1H3;2-3,5,7H,4,6H2,1H3,(H,10,11);2-6H,1H3;4-6H,2-3H2,1H3,(H,10,11);2-5H,1H3;2-5H,1H3,(H,9,10);3*2-5H,1H3;2-4H,1H3,(H,8,9,10);2-4H,1H3. The molecule has 0 aliphatic carbocycles. The van der Waals surface area contributed by atoms with Gasteiger partial charge in [0.05, 0.1) is 45.8 Å². The average Bonchev–Trinajstić information content (AvgIpc) is 1.84. The molecule has 3 aliphatic heterocycles. The molecule has 2 aromatic carbocycles. The van der Waals surface area contributed by atoms with E-state index in [1.54, 1.807) is 103 Å². The summed E-state index contributed by atoms with van der Waals surface area (Å²) in [5.41, 5.74) is 26.0. The first-order chi connectivity index (χ1) is 61.5. The molecule has 3 aliphatic rings. The molecule has 24 rings (SSSR count). The summed E-state index contributed by atoms with van der Waals surface area (Å²) in [4.78, 5) is 76.1. The molecule has 0 fully saturated rings. The summed E-state index contributed by atoms with van der Waals surface area (Å²) in [7, 11) is 0. The van der Waals surface area contributed by atoms with Crippen LogP contribution in [0.1, 0.15) is 125 Å². The van der Waals surface area contributed by atoms with Gasteiger partial charge in [0.1, 0.15) is 34.6 Å². The largest absolute Gasteiger partial charge is 0.462 e. The quantitative estimate of drug-likeness (QED) is 0.0941. The SMILES string of the molecule is CC1CCNc2ccccc21.CC1CCNc2ncccc21.CC1CCNc2nccnc21.Cc1ccnc2[nH]ccc12.Cc1ccnc2ccccc12.Cc1ccnc2ccoc12.Cc1ccnc2ccsc12.Cc1ccnc2nc[nH]c12.Cc1ccnc2ncccc12.Cc1ccnc2nccnc12.Cc1ccnc2ncnn12.Cc1ccnc2occc12. The first-order valence-corrected chi connectivity index (χ1v) is 42.6. The first-order valence-electron chi connectivity index (χ1n) is 41.7. The van der Waals surface area contributed by atoms with E-state index >= 15 is 0 Å². The van der Waals surface area contributed by atoms with Gasteiger partial charge in [-0.05, 0) is 258 Å². The molecule has 21 aromatic rings. The Morgan fingerprint density at radius 3 is 1.67 bits per heavy atom. The van der Waals surface area contributed by atoms with Gasteiger partial charge in [0.2, 0.25) is 5.71 Å². The van der Waals surface area contributed by atoms with Crippen LogP contribution in [0.5, 0.6) is 0 Å². The fourth-order valence-corrected chi connectivity index (χ4v) is 14.7. The molecule has 636 valence electrons. The van der Waals surface area contributed by atoms with Gasteiger partial charge < -0.3 is 34.8 Å². The van der Waals surface area contributed by atoms with Crippen molar-refractivity contribution in [3.8, 4) is 0 Å². The molecule has 0 amide bonds. The van der Waals surface area contributed by atoms with Gasteiger partial charge in [-0.1, -0.05) is 63.2 Å². The molecule has 5 N–H and O–H groups in total. The lowest BCUT2D eigenvalue weighted by atomic mass is 9.93. The van der Waals surface area contributed by atoms with Gasteiger partial charge in [0.25, 0.3) is 5.78 Å². The van der Waals surface area contributed by atoms with E-state index < -0.39 is 0 Å². The lowest BCUT2D eigenvalue weighted by Crippen LogP contribution is -2.17. The molecule has 126 heavy (non-hydrogen) atoms. The molecule has 19 aromatic heterocycles. The molecule has 0 spiro atoms. The Labute approximate surface area is 735 Å². The number of anilines is 3. The molecule has 22 heterocycles. The van der Waals surface area contributed by atoms with E-state index in [0.29, 0.717) is 23.3 Å². The van der Waals surface area contributed by atoms with Crippen molar-refractivity contribution < 1.29 is 8.83 Å². The topological polar surface area (TPSA) is 330 Å². The maximum atomic E-state index is 5.19. The number of thiophene rings is 1. The highest BCUT2D eigenvalue weighted by Crippen LogP contribution is 2.32. The van der Waals surface area contributed by atoms with Gasteiger partial charge in [0, 0.05) is 164 Å². The number of rotatable bonds is 0. The average molecular weight is 1690 g/mol.